The van der Waals surface area contributed by atoms with Crippen molar-refractivity contribution < 1.29 is 4.74 Å². The minimum atomic E-state index is -0.115. The number of nitrogens with zero attached hydrogens (tertiary/aromatic N) is 3. The SMILES string of the molecule is CCCc1cc(=O)n2nc(NCC3CCCOC3c3ccc(C)cc3)sc2n1. The van der Waals surface area contributed by atoms with Crippen LogP contribution >= 0.6 is 11.3 Å². The zero-order valence-electron chi connectivity index (χ0n) is 16.4. The number of aromatic nitrogens is 3. The summed E-state index contributed by atoms with van der Waals surface area (Å²) in [6.07, 6.45) is 4.04. The van der Waals surface area contributed by atoms with E-state index >= 15 is 0 Å². The van der Waals surface area contributed by atoms with Crippen molar-refractivity contribution in [3.63, 3.8) is 0 Å². The molecule has 1 aliphatic rings. The van der Waals surface area contributed by atoms with Crippen LogP contribution in [0.3, 0.4) is 0 Å². The van der Waals surface area contributed by atoms with Crippen LogP contribution < -0.4 is 10.9 Å². The van der Waals surface area contributed by atoms with Crippen molar-refractivity contribution in [3.8, 4) is 0 Å². The molecule has 3 heterocycles. The first-order chi connectivity index (χ1) is 13.6. The number of aryl methyl sites for hydroxylation is 2. The third kappa shape index (κ3) is 4.10. The number of hydrogen-bond donors (Lipinski definition) is 1. The molecule has 0 spiro atoms. The fourth-order valence-corrected chi connectivity index (χ4v) is 4.54. The van der Waals surface area contributed by atoms with Gasteiger partial charge < -0.3 is 10.1 Å². The summed E-state index contributed by atoms with van der Waals surface area (Å²) < 4.78 is 7.49. The molecular formula is C21H26N4O2S. The van der Waals surface area contributed by atoms with E-state index < -0.39 is 0 Å². The van der Waals surface area contributed by atoms with Crippen LogP contribution in [0.25, 0.3) is 4.96 Å². The summed E-state index contributed by atoms with van der Waals surface area (Å²) in [4.78, 5) is 17.5. The molecule has 7 heteroatoms. The Morgan fingerprint density at radius 1 is 1.32 bits per heavy atom. The Labute approximate surface area is 168 Å². The first-order valence-corrected chi connectivity index (χ1v) is 10.8. The molecule has 148 valence electrons. The van der Waals surface area contributed by atoms with Gasteiger partial charge in [-0.15, -0.1) is 5.10 Å². The van der Waals surface area contributed by atoms with Crippen molar-refractivity contribution in [2.24, 2.45) is 5.92 Å². The van der Waals surface area contributed by atoms with Gasteiger partial charge in [-0.1, -0.05) is 54.5 Å². The number of hydrogen-bond acceptors (Lipinski definition) is 6. The van der Waals surface area contributed by atoms with Crippen molar-refractivity contribution in [2.75, 3.05) is 18.5 Å². The van der Waals surface area contributed by atoms with E-state index in [9.17, 15) is 4.79 Å². The molecule has 0 bridgehead atoms. The second-order valence-electron chi connectivity index (χ2n) is 7.42. The van der Waals surface area contributed by atoms with Gasteiger partial charge in [0, 0.05) is 30.8 Å². The van der Waals surface area contributed by atoms with E-state index in [1.165, 1.54) is 27.0 Å². The monoisotopic (exact) mass is 398 g/mol. The Bertz CT molecular complexity index is 996. The molecule has 1 fully saturated rings. The second kappa shape index (κ2) is 8.41. The molecule has 0 saturated carbocycles. The minimum Gasteiger partial charge on any atom is -0.373 e. The molecule has 0 radical (unpaired) electrons. The maximum atomic E-state index is 12.3. The lowest BCUT2D eigenvalue weighted by atomic mass is 9.89. The van der Waals surface area contributed by atoms with E-state index in [0.717, 1.165) is 49.7 Å². The second-order valence-corrected chi connectivity index (χ2v) is 8.38. The van der Waals surface area contributed by atoms with Crippen molar-refractivity contribution >= 4 is 21.4 Å². The molecule has 0 aliphatic carbocycles. The first kappa shape index (κ1) is 19.1. The predicted molar refractivity (Wildman–Crippen MR) is 112 cm³/mol. The van der Waals surface area contributed by atoms with Crippen molar-refractivity contribution in [1.82, 2.24) is 14.6 Å². The largest absolute Gasteiger partial charge is 0.373 e. The molecule has 6 nitrogen and oxygen atoms in total. The van der Waals surface area contributed by atoms with Crippen molar-refractivity contribution in [3.05, 3.63) is 57.5 Å². The zero-order chi connectivity index (χ0) is 19.5. The number of nitrogens with one attached hydrogen (secondary N) is 1. The third-order valence-corrected chi connectivity index (χ3v) is 6.04. The van der Waals surface area contributed by atoms with Gasteiger partial charge >= 0.3 is 0 Å². The van der Waals surface area contributed by atoms with Crippen LogP contribution in [0.2, 0.25) is 0 Å². The molecular weight excluding hydrogens is 372 g/mol. The van der Waals surface area contributed by atoms with Gasteiger partial charge in [0.1, 0.15) is 0 Å². The molecule has 1 aromatic carbocycles. The number of ether oxygens (including phenoxy) is 1. The standard InChI is InChI=1S/C21H26N4O2S/c1-3-5-17-12-18(26)25-21(23-17)28-20(24-25)22-13-16-6-4-11-27-19(16)15-9-7-14(2)8-10-15/h7-10,12,16,19H,3-6,11,13H2,1-2H3,(H,22,24). The van der Waals surface area contributed by atoms with Gasteiger partial charge in [-0.2, -0.15) is 4.52 Å². The first-order valence-electron chi connectivity index (χ1n) is 9.96. The van der Waals surface area contributed by atoms with Crippen LogP contribution in [0.1, 0.15) is 49.1 Å². The summed E-state index contributed by atoms with van der Waals surface area (Å²) in [5.41, 5.74) is 3.20. The van der Waals surface area contributed by atoms with Gasteiger partial charge in [0.15, 0.2) is 0 Å². The lowest BCUT2D eigenvalue weighted by molar-refractivity contribution is -0.0238. The highest BCUT2D eigenvalue weighted by Crippen LogP contribution is 2.34. The summed E-state index contributed by atoms with van der Waals surface area (Å²) in [5.74, 6) is 0.365. The maximum Gasteiger partial charge on any atom is 0.275 e. The summed E-state index contributed by atoms with van der Waals surface area (Å²) in [5, 5.41) is 8.57. The van der Waals surface area contributed by atoms with Crippen LogP contribution in [0, 0.1) is 12.8 Å². The van der Waals surface area contributed by atoms with Gasteiger partial charge in [0.05, 0.1) is 6.10 Å². The minimum absolute atomic E-state index is 0.0910. The fourth-order valence-electron chi connectivity index (χ4n) is 3.71. The zero-order valence-corrected chi connectivity index (χ0v) is 17.2. The lowest BCUT2D eigenvalue weighted by Gasteiger charge is -2.32. The Kier molecular flexibility index (Phi) is 5.73. The van der Waals surface area contributed by atoms with Gasteiger partial charge in [-0.25, -0.2) is 4.98 Å². The van der Waals surface area contributed by atoms with E-state index in [1.807, 2.05) is 0 Å². The fraction of sp³-hybridized carbons (Fsp3) is 0.476. The van der Waals surface area contributed by atoms with E-state index in [0.29, 0.717) is 10.9 Å². The molecule has 2 aromatic heterocycles. The molecule has 0 amide bonds. The van der Waals surface area contributed by atoms with Gasteiger partial charge in [0.2, 0.25) is 10.1 Å². The summed E-state index contributed by atoms with van der Waals surface area (Å²) >= 11 is 1.43. The Morgan fingerprint density at radius 3 is 2.93 bits per heavy atom. The molecule has 4 rings (SSSR count). The smallest absolute Gasteiger partial charge is 0.275 e. The summed E-state index contributed by atoms with van der Waals surface area (Å²) in [6, 6.07) is 10.2. The number of rotatable bonds is 6. The predicted octanol–water partition coefficient (Wildman–Crippen LogP) is 3.99. The number of anilines is 1. The summed E-state index contributed by atoms with van der Waals surface area (Å²) in [6.45, 7) is 5.74. The molecule has 3 aromatic rings. The Morgan fingerprint density at radius 2 is 2.14 bits per heavy atom. The van der Waals surface area contributed by atoms with E-state index in [4.69, 9.17) is 4.74 Å². The van der Waals surface area contributed by atoms with Crippen molar-refractivity contribution in [2.45, 2.75) is 45.6 Å². The number of benzene rings is 1. The van der Waals surface area contributed by atoms with Crippen LogP contribution in [-0.2, 0) is 11.2 Å². The Hall–Kier alpha value is -2.25. The van der Waals surface area contributed by atoms with E-state index in [-0.39, 0.29) is 11.7 Å². The lowest BCUT2D eigenvalue weighted by Crippen LogP contribution is -2.28. The maximum absolute atomic E-state index is 12.3. The van der Waals surface area contributed by atoms with Crippen molar-refractivity contribution in [1.29, 1.82) is 0 Å². The van der Waals surface area contributed by atoms with Gasteiger partial charge in [-0.05, 0) is 31.7 Å². The summed E-state index contributed by atoms with van der Waals surface area (Å²) in [7, 11) is 0. The Balaban J connectivity index is 1.50. The van der Waals surface area contributed by atoms with Gasteiger partial charge in [-0.3, -0.25) is 4.79 Å². The van der Waals surface area contributed by atoms with Crippen LogP contribution in [0.4, 0.5) is 5.13 Å². The third-order valence-electron chi connectivity index (χ3n) is 5.17. The number of fused-ring (bicyclic) bond motifs is 1. The van der Waals surface area contributed by atoms with E-state index in [1.54, 1.807) is 6.07 Å². The topological polar surface area (TPSA) is 68.5 Å². The normalized spacial score (nSPS) is 19.8. The highest BCUT2D eigenvalue weighted by Gasteiger charge is 2.27. The molecule has 1 saturated heterocycles. The molecule has 1 N–H and O–H groups in total. The molecule has 1 aliphatic heterocycles. The van der Waals surface area contributed by atoms with E-state index in [2.05, 4.69) is 53.5 Å². The highest BCUT2D eigenvalue weighted by molar-refractivity contribution is 7.20. The molecule has 2 atom stereocenters. The van der Waals surface area contributed by atoms with Crippen LogP contribution in [0.5, 0.6) is 0 Å². The molecule has 2 unspecified atom stereocenters. The average Bonchev–Trinajstić information content (AvgIpc) is 3.11. The average molecular weight is 399 g/mol. The molecule has 28 heavy (non-hydrogen) atoms. The van der Waals surface area contributed by atoms with Crippen LogP contribution in [-0.4, -0.2) is 27.7 Å². The quantitative estimate of drug-likeness (QED) is 0.680. The van der Waals surface area contributed by atoms with Gasteiger partial charge in [0.25, 0.3) is 5.56 Å². The van der Waals surface area contributed by atoms with Crippen LogP contribution in [0.15, 0.2) is 35.1 Å². The highest BCUT2D eigenvalue weighted by atomic mass is 32.1.